The number of carboxylic acid groups (broad SMARTS) is 1. The van der Waals surface area contributed by atoms with Gasteiger partial charge in [0.15, 0.2) is 0 Å². The Hall–Kier alpha value is -2.80. The zero-order chi connectivity index (χ0) is 14.5. The van der Waals surface area contributed by atoms with Gasteiger partial charge in [-0.25, -0.2) is 4.79 Å². The predicted octanol–water partition coefficient (Wildman–Crippen LogP) is 3.14. The molecule has 1 N–H and O–H groups in total. The second-order valence-corrected chi connectivity index (χ2v) is 4.34. The van der Waals surface area contributed by atoms with Crippen LogP contribution in [-0.4, -0.2) is 11.1 Å². The lowest BCUT2D eigenvalue weighted by molar-refractivity contribution is 0.0696. The molecule has 0 bridgehead atoms. The highest BCUT2D eigenvalue weighted by Crippen LogP contribution is 2.19. The summed E-state index contributed by atoms with van der Waals surface area (Å²) in [6, 6.07) is 14.1. The van der Waals surface area contributed by atoms with E-state index >= 15 is 0 Å². The van der Waals surface area contributed by atoms with Crippen molar-refractivity contribution in [2.75, 3.05) is 0 Å². The van der Waals surface area contributed by atoms with E-state index in [1.807, 2.05) is 12.1 Å². The lowest BCUT2D eigenvalue weighted by atomic mass is 10.1. The Morgan fingerprint density at radius 3 is 2.70 bits per heavy atom. The van der Waals surface area contributed by atoms with Crippen molar-refractivity contribution in [2.24, 2.45) is 0 Å². The molecule has 0 atom stereocenters. The molecule has 0 aliphatic heterocycles. The molecule has 0 aliphatic carbocycles. The minimum atomic E-state index is -0.955. The first-order chi connectivity index (χ1) is 9.61. The highest BCUT2D eigenvalue weighted by Gasteiger charge is 2.08. The van der Waals surface area contributed by atoms with Crippen molar-refractivity contribution in [3.63, 3.8) is 0 Å². The number of nitrogens with zero attached hydrogens (tertiary/aromatic N) is 1. The summed E-state index contributed by atoms with van der Waals surface area (Å²) in [7, 11) is 0. The second kappa shape index (κ2) is 5.89. The monoisotopic (exact) mass is 267 g/mol. The van der Waals surface area contributed by atoms with E-state index in [9.17, 15) is 4.79 Å². The number of rotatable bonds is 4. The van der Waals surface area contributed by atoms with Gasteiger partial charge in [0.2, 0.25) is 0 Å². The summed E-state index contributed by atoms with van der Waals surface area (Å²) in [5, 5.41) is 17.9. The van der Waals surface area contributed by atoms with Crippen LogP contribution >= 0.6 is 0 Å². The summed E-state index contributed by atoms with van der Waals surface area (Å²) in [4.78, 5) is 10.9. The van der Waals surface area contributed by atoms with Gasteiger partial charge in [-0.3, -0.25) is 0 Å². The third-order valence-electron chi connectivity index (χ3n) is 2.96. The van der Waals surface area contributed by atoms with Gasteiger partial charge in [0.1, 0.15) is 12.4 Å². The molecule has 20 heavy (non-hydrogen) atoms. The zero-order valence-corrected chi connectivity index (χ0v) is 11.0. The average molecular weight is 267 g/mol. The largest absolute Gasteiger partial charge is 0.489 e. The lowest BCUT2D eigenvalue weighted by Gasteiger charge is -2.09. The molecular weight excluding hydrogens is 254 g/mol. The van der Waals surface area contributed by atoms with Gasteiger partial charge in [-0.2, -0.15) is 5.26 Å². The number of nitriles is 1. The Morgan fingerprint density at radius 2 is 2.05 bits per heavy atom. The Balaban J connectivity index is 2.14. The van der Waals surface area contributed by atoms with Crippen LogP contribution in [0.15, 0.2) is 42.5 Å². The average Bonchev–Trinajstić information content (AvgIpc) is 2.45. The number of ether oxygens (including phenoxy) is 1. The van der Waals surface area contributed by atoms with Gasteiger partial charge in [-0.05, 0) is 36.8 Å². The minimum absolute atomic E-state index is 0.259. The second-order valence-electron chi connectivity index (χ2n) is 4.34. The van der Waals surface area contributed by atoms with Crippen molar-refractivity contribution in [2.45, 2.75) is 13.5 Å². The summed E-state index contributed by atoms with van der Waals surface area (Å²) in [5.74, 6) is -0.371. The fraction of sp³-hybridized carbons (Fsp3) is 0.125. The van der Waals surface area contributed by atoms with Gasteiger partial charge in [0.25, 0.3) is 0 Å². The summed E-state index contributed by atoms with van der Waals surface area (Å²) in [6.07, 6.45) is 0. The molecule has 0 unspecified atom stereocenters. The highest BCUT2D eigenvalue weighted by molar-refractivity contribution is 5.89. The molecule has 4 heteroatoms. The summed E-state index contributed by atoms with van der Waals surface area (Å²) in [5.41, 5.74) is 2.28. The van der Waals surface area contributed by atoms with Gasteiger partial charge >= 0.3 is 5.97 Å². The lowest BCUT2D eigenvalue weighted by Crippen LogP contribution is -2.02. The topological polar surface area (TPSA) is 70.3 Å². The van der Waals surface area contributed by atoms with E-state index in [1.165, 1.54) is 6.07 Å². The van der Waals surface area contributed by atoms with E-state index in [4.69, 9.17) is 15.1 Å². The number of aromatic carboxylic acids is 1. The standard InChI is InChI=1S/C16H13NO3/c1-11-8-14(6-7-15(11)16(18)19)20-10-13-5-3-2-4-12(13)9-17/h2-8H,10H2,1H3,(H,18,19). The first-order valence-electron chi connectivity index (χ1n) is 6.06. The molecule has 0 radical (unpaired) electrons. The van der Waals surface area contributed by atoms with Gasteiger partial charge in [-0.1, -0.05) is 18.2 Å². The molecule has 100 valence electrons. The molecule has 2 aromatic rings. The molecular formula is C16H13NO3. The third-order valence-corrected chi connectivity index (χ3v) is 2.96. The number of aryl methyl sites for hydroxylation is 1. The maximum atomic E-state index is 10.9. The highest BCUT2D eigenvalue weighted by atomic mass is 16.5. The first-order valence-corrected chi connectivity index (χ1v) is 6.06. The van der Waals surface area contributed by atoms with E-state index in [2.05, 4.69) is 6.07 Å². The number of carbonyl (C=O) groups is 1. The van der Waals surface area contributed by atoms with Crippen molar-refractivity contribution in [1.82, 2.24) is 0 Å². The van der Waals surface area contributed by atoms with Gasteiger partial charge in [0.05, 0.1) is 17.2 Å². The van der Waals surface area contributed by atoms with Crippen LogP contribution in [0.1, 0.15) is 27.0 Å². The molecule has 2 rings (SSSR count). The number of carboxylic acids is 1. The summed E-state index contributed by atoms with van der Waals surface area (Å²) >= 11 is 0. The van der Waals surface area contributed by atoms with Crippen molar-refractivity contribution in [3.8, 4) is 11.8 Å². The van der Waals surface area contributed by atoms with Gasteiger partial charge in [-0.15, -0.1) is 0 Å². The van der Waals surface area contributed by atoms with Crippen LogP contribution in [0.4, 0.5) is 0 Å². The number of hydrogen-bond acceptors (Lipinski definition) is 3. The fourth-order valence-electron chi connectivity index (χ4n) is 1.88. The third kappa shape index (κ3) is 2.96. The molecule has 4 nitrogen and oxygen atoms in total. The maximum absolute atomic E-state index is 10.9. The number of benzene rings is 2. The van der Waals surface area contributed by atoms with E-state index < -0.39 is 5.97 Å². The summed E-state index contributed by atoms with van der Waals surface area (Å²) in [6.45, 7) is 2.00. The molecule has 0 saturated carbocycles. The Kier molecular flexibility index (Phi) is 4.02. The van der Waals surface area contributed by atoms with Crippen LogP contribution in [0, 0.1) is 18.3 Å². The Morgan fingerprint density at radius 1 is 1.30 bits per heavy atom. The minimum Gasteiger partial charge on any atom is -0.489 e. The van der Waals surface area contributed by atoms with Crippen LogP contribution in [-0.2, 0) is 6.61 Å². The molecule has 0 heterocycles. The van der Waals surface area contributed by atoms with Crippen molar-refractivity contribution < 1.29 is 14.6 Å². The van der Waals surface area contributed by atoms with Crippen LogP contribution in [0.25, 0.3) is 0 Å². The Labute approximate surface area is 116 Å². The number of hydrogen-bond donors (Lipinski definition) is 1. The Bertz CT molecular complexity index is 686. The molecule has 0 aromatic heterocycles. The van der Waals surface area contributed by atoms with E-state index in [0.717, 1.165) is 5.56 Å². The maximum Gasteiger partial charge on any atom is 0.335 e. The quantitative estimate of drug-likeness (QED) is 0.923. The van der Waals surface area contributed by atoms with Crippen molar-refractivity contribution in [3.05, 3.63) is 64.7 Å². The fourth-order valence-corrected chi connectivity index (χ4v) is 1.88. The smallest absolute Gasteiger partial charge is 0.335 e. The van der Waals surface area contributed by atoms with Crippen molar-refractivity contribution >= 4 is 5.97 Å². The van der Waals surface area contributed by atoms with E-state index in [0.29, 0.717) is 16.9 Å². The van der Waals surface area contributed by atoms with Crippen LogP contribution in [0.3, 0.4) is 0 Å². The molecule has 0 spiro atoms. The van der Waals surface area contributed by atoms with Crippen molar-refractivity contribution in [1.29, 1.82) is 5.26 Å². The molecule has 2 aromatic carbocycles. The predicted molar refractivity (Wildman–Crippen MR) is 73.6 cm³/mol. The van der Waals surface area contributed by atoms with E-state index in [1.54, 1.807) is 31.2 Å². The molecule has 0 saturated heterocycles. The SMILES string of the molecule is Cc1cc(OCc2ccccc2C#N)ccc1C(=O)O. The van der Waals surface area contributed by atoms with Crippen LogP contribution < -0.4 is 4.74 Å². The van der Waals surface area contributed by atoms with Gasteiger partial charge in [0, 0.05) is 5.56 Å². The summed E-state index contributed by atoms with van der Waals surface area (Å²) < 4.78 is 5.61. The van der Waals surface area contributed by atoms with Gasteiger partial charge < -0.3 is 9.84 Å². The van der Waals surface area contributed by atoms with Crippen LogP contribution in [0.5, 0.6) is 5.75 Å². The molecule has 0 fully saturated rings. The van der Waals surface area contributed by atoms with E-state index in [-0.39, 0.29) is 12.2 Å². The van der Waals surface area contributed by atoms with Crippen LogP contribution in [0.2, 0.25) is 0 Å². The normalized spacial score (nSPS) is 9.80. The first kappa shape index (κ1) is 13.6. The zero-order valence-electron chi connectivity index (χ0n) is 11.0. The molecule has 0 aliphatic rings. The molecule has 0 amide bonds.